The van der Waals surface area contributed by atoms with E-state index in [2.05, 4.69) is 10.3 Å². The molecule has 1 aromatic heterocycles. The number of amides is 2. The molecule has 1 aliphatic carbocycles. The highest BCUT2D eigenvalue weighted by Gasteiger charge is 2.51. The first kappa shape index (κ1) is 14.0. The molecule has 2 aliphatic rings. The smallest absolute Gasteiger partial charge is 0.272 e. The Morgan fingerprint density at radius 2 is 2.24 bits per heavy atom. The van der Waals surface area contributed by atoms with Gasteiger partial charge in [-0.1, -0.05) is 12.5 Å². The van der Waals surface area contributed by atoms with Crippen LogP contribution < -0.4 is 5.32 Å². The van der Waals surface area contributed by atoms with Gasteiger partial charge in [0.15, 0.2) is 0 Å². The molecule has 2 unspecified atom stereocenters. The largest absolute Gasteiger partial charge is 0.359 e. The van der Waals surface area contributed by atoms with Crippen LogP contribution in [0.5, 0.6) is 0 Å². The number of aromatic nitrogens is 1. The number of rotatable bonds is 2. The Bertz CT molecular complexity index is 546. The Morgan fingerprint density at radius 1 is 1.38 bits per heavy atom. The maximum absolute atomic E-state index is 12.5. The monoisotopic (exact) mass is 287 g/mol. The molecule has 1 spiro atoms. The minimum absolute atomic E-state index is 0.0185. The summed E-state index contributed by atoms with van der Waals surface area (Å²) in [6.07, 6.45) is 5.61. The second kappa shape index (κ2) is 5.47. The van der Waals surface area contributed by atoms with Gasteiger partial charge in [0.2, 0.25) is 5.91 Å². The minimum atomic E-state index is -0.0233. The summed E-state index contributed by atoms with van der Waals surface area (Å²) in [4.78, 5) is 30.6. The Balaban J connectivity index is 1.76. The second-order valence-electron chi connectivity index (χ2n) is 6.11. The van der Waals surface area contributed by atoms with Crippen LogP contribution in [0.15, 0.2) is 24.4 Å². The van der Waals surface area contributed by atoms with Crippen LogP contribution in [-0.4, -0.2) is 41.8 Å². The van der Waals surface area contributed by atoms with Gasteiger partial charge >= 0.3 is 0 Å². The Hall–Kier alpha value is -1.91. The summed E-state index contributed by atoms with van der Waals surface area (Å²) in [5.41, 5.74) is 0.467. The van der Waals surface area contributed by atoms with Crippen LogP contribution in [0, 0.1) is 11.3 Å². The van der Waals surface area contributed by atoms with Crippen LogP contribution in [0.4, 0.5) is 0 Å². The van der Waals surface area contributed by atoms with E-state index in [-0.39, 0.29) is 23.1 Å². The normalized spacial score (nSPS) is 28.0. The van der Waals surface area contributed by atoms with Crippen molar-refractivity contribution in [3.05, 3.63) is 30.1 Å². The molecule has 1 saturated carbocycles. The minimum Gasteiger partial charge on any atom is -0.359 e. The fourth-order valence-electron chi connectivity index (χ4n) is 3.93. The fraction of sp³-hybridized carbons (Fsp3) is 0.562. The van der Waals surface area contributed by atoms with Gasteiger partial charge in [-0.2, -0.15) is 0 Å². The van der Waals surface area contributed by atoms with Crippen molar-refractivity contribution >= 4 is 11.8 Å². The number of hydrogen-bond donors (Lipinski definition) is 1. The summed E-state index contributed by atoms with van der Waals surface area (Å²) in [6.45, 7) is 1.41. The van der Waals surface area contributed by atoms with Gasteiger partial charge in [0.25, 0.3) is 5.91 Å². The van der Waals surface area contributed by atoms with Crippen LogP contribution in [-0.2, 0) is 4.79 Å². The van der Waals surface area contributed by atoms with Crippen molar-refractivity contribution in [2.45, 2.75) is 25.7 Å². The summed E-state index contributed by atoms with van der Waals surface area (Å²) in [6, 6.07) is 5.38. The first-order valence-electron chi connectivity index (χ1n) is 7.58. The summed E-state index contributed by atoms with van der Waals surface area (Å²) in [5, 5.41) is 2.78. The number of pyridine rings is 1. The molecule has 2 fully saturated rings. The van der Waals surface area contributed by atoms with Gasteiger partial charge in [0.05, 0.1) is 0 Å². The number of nitrogens with zero attached hydrogens (tertiary/aromatic N) is 2. The lowest BCUT2D eigenvalue weighted by Gasteiger charge is -2.30. The lowest BCUT2D eigenvalue weighted by molar-refractivity contribution is -0.127. The molecule has 5 heteroatoms. The standard InChI is InChI=1S/C16H21N3O2/c1-17-14(20)12-5-4-7-16(12)8-10-19(11-16)15(21)13-6-2-3-9-18-13/h2-3,6,9,12H,4-5,7-8,10-11H2,1H3,(H,17,20). The molecule has 2 heterocycles. The Labute approximate surface area is 124 Å². The summed E-state index contributed by atoms with van der Waals surface area (Å²) in [5.74, 6) is 0.152. The predicted molar refractivity (Wildman–Crippen MR) is 78.6 cm³/mol. The first-order valence-corrected chi connectivity index (χ1v) is 7.58. The van der Waals surface area contributed by atoms with Gasteiger partial charge in [-0.3, -0.25) is 14.6 Å². The molecule has 5 nitrogen and oxygen atoms in total. The Morgan fingerprint density at radius 3 is 2.95 bits per heavy atom. The molecule has 1 aromatic rings. The van der Waals surface area contributed by atoms with Gasteiger partial charge in [-0.25, -0.2) is 0 Å². The molecule has 112 valence electrons. The first-order chi connectivity index (χ1) is 10.2. The molecule has 0 bridgehead atoms. The van der Waals surface area contributed by atoms with Crippen LogP contribution in [0.3, 0.4) is 0 Å². The average Bonchev–Trinajstić information content (AvgIpc) is 3.14. The quantitative estimate of drug-likeness (QED) is 0.895. The SMILES string of the molecule is CNC(=O)C1CCCC12CCN(C(=O)c1ccccn1)C2. The maximum atomic E-state index is 12.5. The highest BCUT2D eigenvalue weighted by Crippen LogP contribution is 2.49. The van der Waals surface area contributed by atoms with E-state index in [1.807, 2.05) is 11.0 Å². The predicted octanol–water partition coefficient (Wildman–Crippen LogP) is 1.46. The molecule has 0 aromatic carbocycles. The van der Waals surface area contributed by atoms with Crippen molar-refractivity contribution in [3.8, 4) is 0 Å². The molecule has 21 heavy (non-hydrogen) atoms. The molecule has 1 N–H and O–H groups in total. The van der Waals surface area contributed by atoms with E-state index < -0.39 is 0 Å². The number of carbonyl (C=O) groups is 2. The molecule has 0 radical (unpaired) electrons. The Kier molecular flexibility index (Phi) is 3.66. The lowest BCUT2D eigenvalue weighted by Crippen LogP contribution is -2.40. The number of carbonyl (C=O) groups excluding carboxylic acids is 2. The average molecular weight is 287 g/mol. The second-order valence-corrected chi connectivity index (χ2v) is 6.11. The van der Waals surface area contributed by atoms with Crippen molar-refractivity contribution in [1.29, 1.82) is 0 Å². The van der Waals surface area contributed by atoms with Crippen molar-refractivity contribution in [2.24, 2.45) is 11.3 Å². The van der Waals surface area contributed by atoms with E-state index in [1.54, 1.807) is 25.4 Å². The molecule has 2 amide bonds. The third-order valence-corrected chi connectivity index (χ3v) is 5.03. The summed E-state index contributed by atoms with van der Waals surface area (Å²) < 4.78 is 0. The number of hydrogen-bond acceptors (Lipinski definition) is 3. The van der Waals surface area contributed by atoms with Crippen molar-refractivity contribution in [1.82, 2.24) is 15.2 Å². The molecule has 2 atom stereocenters. The summed E-state index contributed by atoms with van der Waals surface area (Å²) >= 11 is 0. The lowest BCUT2D eigenvalue weighted by atomic mass is 9.76. The zero-order valence-electron chi connectivity index (χ0n) is 12.3. The van der Waals surface area contributed by atoms with E-state index in [9.17, 15) is 9.59 Å². The van der Waals surface area contributed by atoms with E-state index in [0.717, 1.165) is 32.2 Å². The highest BCUT2D eigenvalue weighted by molar-refractivity contribution is 5.92. The van der Waals surface area contributed by atoms with Crippen LogP contribution in [0.2, 0.25) is 0 Å². The fourth-order valence-corrected chi connectivity index (χ4v) is 3.93. The van der Waals surface area contributed by atoms with Gasteiger partial charge in [0, 0.05) is 37.7 Å². The van der Waals surface area contributed by atoms with Gasteiger partial charge in [-0.05, 0) is 31.4 Å². The van der Waals surface area contributed by atoms with Crippen molar-refractivity contribution < 1.29 is 9.59 Å². The zero-order valence-corrected chi connectivity index (χ0v) is 12.3. The van der Waals surface area contributed by atoms with E-state index in [4.69, 9.17) is 0 Å². The third kappa shape index (κ3) is 2.41. The number of likely N-dealkylation sites (tertiary alicyclic amines) is 1. The summed E-state index contributed by atoms with van der Waals surface area (Å²) in [7, 11) is 1.69. The zero-order chi connectivity index (χ0) is 14.9. The maximum Gasteiger partial charge on any atom is 0.272 e. The van der Waals surface area contributed by atoms with Crippen LogP contribution >= 0.6 is 0 Å². The van der Waals surface area contributed by atoms with Gasteiger partial charge in [0.1, 0.15) is 5.69 Å². The molecule has 3 rings (SSSR count). The molecule has 1 aliphatic heterocycles. The number of nitrogens with one attached hydrogen (secondary N) is 1. The molecule has 1 saturated heterocycles. The van der Waals surface area contributed by atoms with Crippen molar-refractivity contribution in [3.63, 3.8) is 0 Å². The van der Waals surface area contributed by atoms with E-state index >= 15 is 0 Å². The van der Waals surface area contributed by atoms with Crippen LogP contribution in [0.1, 0.15) is 36.2 Å². The third-order valence-electron chi connectivity index (χ3n) is 5.03. The van der Waals surface area contributed by atoms with Gasteiger partial charge in [-0.15, -0.1) is 0 Å². The van der Waals surface area contributed by atoms with Crippen molar-refractivity contribution in [2.75, 3.05) is 20.1 Å². The van der Waals surface area contributed by atoms with Gasteiger partial charge < -0.3 is 10.2 Å². The topological polar surface area (TPSA) is 62.3 Å². The molecular weight excluding hydrogens is 266 g/mol. The van der Waals surface area contributed by atoms with Crippen LogP contribution in [0.25, 0.3) is 0 Å². The molecular formula is C16H21N3O2. The van der Waals surface area contributed by atoms with E-state index in [0.29, 0.717) is 12.2 Å². The van der Waals surface area contributed by atoms with E-state index in [1.165, 1.54) is 0 Å². The highest BCUT2D eigenvalue weighted by atomic mass is 16.2.